The maximum Gasteiger partial charge on any atom is 0.387 e. The third kappa shape index (κ3) is 9.79. The van der Waals surface area contributed by atoms with Crippen LogP contribution in [0, 0.1) is 11.6 Å². The predicted molar refractivity (Wildman–Crippen MR) is 161 cm³/mol. The van der Waals surface area contributed by atoms with Crippen molar-refractivity contribution in [2.24, 2.45) is 11.5 Å². The third-order valence-electron chi connectivity index (χ3n) is 6.93. The van der Waals surface area contributed by atoms with Crippen molar-refractivity contribution < 1.29 is 50.6 Å². The van der Waals surface area contributed by atoms with Crippen LogP contribution >= 0.6 is 12.4 Å². The normalized spacial score (nSPS) is 14.2. The molecule has 5 N–H and O–H groups in total. The molecule has 1 unspecified atom stereocenters. The molecule has 1 aliphatic heterocycles. The Labute approximate surface area is 273 Å². The van der Waals surface area contributed by atoms with Gasteiger partial charge in [-0.2, -0.15) is 8.78 Å². The van der Waals surface area contributed by atoms with Crippen molar-refractivity contribution >= 4 is 30.1 Å². The number of carbonyl (C=O) groups is 3. The Balaban J connectivity index is 0.00000600. The Morgan fingerprint density at radius 1 is 1.06 bits per heavy atom. The number of hydrogen-bond acceptors (Lipinski definition) is 9. The molecule has 1 fully saturated rings. The van der Waals surface area contributed by atoms with E-state index < -0.39 is 42.1 Å². The van der Waals surface area contributed by atoms with Gasteiger partial charge in [-0.3, -0.25) is 14.4 Å². The highest BCUT2D eigenvalue weighted by molar-refractivity contribution is 5.97. The van der Waals surface area contributed by atoms with E-state index in [1.54, 1.807) is 4.90 Å². The van der Waals surface area contributed by atoms with Gasteiger partial charge in [0.15, 0.2) is 23.0 Å². The van der Waals surface area contributed by atoms with E-state index in [-0.39, 0.29) is 71.3 Å². The van der Waals surface area contributed by atoms with Gasteiger partial charge in [0.1, 0.15) is 17.7 Å². The number of oxazole rings is 1. The number of primary amides is 1. The second-order valence-electron chi connectivity index (χ2n) is 10.3. The molecule has 4 rings (SSSR count). The molecule has 2 aromatic carbocycles. The largest absolute Gasteiger partial charge is 0.490 e. The van der Waals surface area contributed by atoms with E-state index in [4.69, 9.17) is 25.4 Å². The summed E-state index contributed by atoms with van der Waals surface area (Å²) in [7, 11) is 0. The molecule has 0 radical (unpaired) electrons. The van der Waals surface area contributed by atoms with Crippen LogP contribution in [0.25, 0.3) is 11.5 Å². The Bertz CT molecular complexity index is 1550. The number of rotatable bonds is 14. The maximum absolute atomic E-state index is 14.4. The van der Waals surface area contributed by atoms with Crippen LogP contribution in [0.2, 0.25) is 0 Å². The molecule has 256 valence electrons. The van der Waals surface area contributed by atoms with Gasteiger partial charge >= 0.3 is 6.61 Å². The Morgan fingerprint density at radius 2 is 1.79 bits per heavy atom. The van der Waals surface area contributed by atoms with Gasteiger partial charge in [0.25, 0.3) is 5.91 Å². The zero-order chi connectivity index (χ0) is 33.4. The number of morpholine rings is 1. The van der Waals surface area contributed by atoms with Crippen molar-refractivity contribution in [3.8, 4) is 23.0 Å². The van der Waals surface area contributed by atoms with E-state index in [2.05, 4.69) is 15.0 Å². The number of halogens is 5. The van der Waals surface area contributed by atoms with Crippen molar-refractivity contribution in [1.82, 2.24) is 15.2 Å². The minimum absolute atomic E-state index is 0. The number of ether oxygens (including phenoxy) is 3. The van der Waals surface area contributed by atoms with Gasteiger partial charge in [-0.1, -0.05) is 6.07 Å². The number of nitrogens with two attached hydrogens (primary N) is 2. The molecule has 2 heterocycles. The zero-order valence-electron chi connectivity index (χ0n) is 25.2. The van der Waals surface area contributed by atoms with Gasteiger partial charge in [-0.15, -0.1) is 12.4 Å². The number of nitrogens with zero attached hydrogens (tertiary/aromatic N) is 2. The molecule has 17 heteroatoms. The van der Waals surface area contributed by atoms with Gasteiger partial charge < -0.3 is 40.3 Å². The van der Waals surface area contributed by atoms with Gasteiger partial charge in [-0.25, -0.2) is 13.8 Å². The number of unbranched alkanes of at least 4 members (excludes halogenated alkanes) is 1. The number of nitrogens with one attached hydrogen (secondary N) is 1. The quantitative estimate of drug-likeness (QED) is 0.167. The highest BCUT2D eigenvalue weighted by atomic mass is 35.5. The fourth-order valence-corrected chi connectivity index (χ4v) is 4.64. The molecular weight excluding hydrogens is 654 g/mol. The number of benzene rings is 2. The lowest BCUT2D eigenvalue weighted by atomic mass is 10.0. The number of carbonyl (C=O) groups excluding carboxylic acids is 3. The highest BCUT2D eigenvalue weighted by Crippen LogP contribution is 2.35. The fraction of sp³-hybridized carbons (Fsp3) is 0.400. The summed E-state index contributed by atoms with van der Waals surface area (Å²) < 4.78 is 75.3. The lowest BCUT2D eigenvalue weighted by Crippen LogP contribution is -2.40. The smallest absolute Gasteiger partial charge is 0.387 e. The second-order valence-corrected chi connectivity index (χ2v) is 10.3. The molecule has 12 nitrogen and oxygen atoms in total. The monoisotopic (exact) mass is 687 g/mol. The van der Waals surface area contributed by atoms with E-state index in [0.29, 0.717) is 45.2 Å². The summed E-state index contributed by atoms with van der Waals surface area (Å²) >= 11 is 0. The van der Waals surface area contributed by atoms with Gasteiger partial charge in [0.2, 0.25) is 17.7 Å². The Kier molecular flexibility index (Phi) is 13.4. The van der Waals surface area contributed by atoms with Gasteiger partial charge in [0.05, 0.1) is 25.9 Å². The number of amides is 3. The van der Waals surface area contributed by atoms with E-state index in [1.807, 2.05) is 0 Å². The van der Waals surface area contributed by atoms with E-state index in [0.717, 1.165) is 12.1 Å². The lowest BCUT2D eigenvalue weighted by molar-refractivity contribution is -0.135. The SMILES string of the molecule is C[C@H](N)c1oc(-c2ccc(OC(F)F)c(OCCCCC(=O)N3CCOCC3)c2)nc1C(=O)NC(C(N)=O)c1ccc(F)cc1F.Cl. The summed E-state index contributed by atoms with van der Waals surface area (Å²) in [4.78, 5) is 43.6. The second kappa shape index (κ2) is 16.9. The van der Waals surface area contributed by atoms with Crippen molar-refractivity contribution in [3.05, 3.63) is 65.1 Å². The van der Waals surface area contributed by atoms with Crippen molar-refractivity contribution in [2.75, 3.05) is 32.9 Å². The maximum atomic E-state index is 14.4. The van der Waals surface area contributed by atoms with Crippen LogP contribution in [-0.4, -0.2) is 67.1 Å². The van der Waals surface area contributed by atoms with E-state index >= 15 is 0 Å². The van der Waals surface area contributed by atoms with Gasteiger partial charge in [0, 0.05) is 36.7 Å². The Morgan fingerprint density at radius 3 is 2.43 bits per heavy atom. The summed E-state index contributed by atoms with van der Waals surface area (Å²) in [6.45, 7) is 0.454. The van der Waals surface area contributed by atoms with E-state index in [1.165, 1.54) is 25.1 Å². The predicted octanol–water partition coefficient (Wildman–Crippen LogP) is 4.03. The number of aromatic nitrogens is 1. The molecule has 0 aliphatic carbocycles. The van der Waals surface area contributed by atoms with Crippen molar-refractivity contribution in [2.45, 2.75) is 44.9 Å². The van der Waals surface area contributed by atoms with Crippen LogP contribution < -0.4 is 26.3 Å². The molecule has 0 spiro atoms. The molecule has 0 bridgehead atoms. The standard InChI is InChI=1S/C30H33F4N5O7.ClH/c1-16(35)26-25(28(42)37-24(27(36)41)19-7-6-18(31)15-20(19)32)38-29(46-26)17-5-8-21(45-30(33)34)22(14-17)44-11-3-2-4-23(40)39-9-12-43-13-10-39;/h5-8,14-16,24,30H,2-4,9-13,35H2,1H3,(H2,36,41)(H,37,42);1H/t16-,24?;/m0./s1. The molecule has 1 saturated heterocycles. The lowest BCUT2D eigenvalue weighted by Gasteiger charge is -2.26. The first-order chi connectivity index (χ1) is 21.9. The highest BCUT2D eigenvalue weighted by Gasteiger charge is 2.29. The minimum Gasteiger partial charge on any atom is -0.490 e. The molecule has 1 aliphatic rings. The summed E-state index contributed by atoms with van der Waals surface area (Å²) in [6, 6.07) is 3.67. The molecule has 3 aromatic rings. The van der Waals surface area contributed by atoms with Crippen LogP contribution in [0.5, 0.6) is 11.5 Å². The average Bonchev–Trinajstić information content (AvgIpc) is 3.47. The first-order valence-electron chi connectivity index (χ1n) is 14.3. The van der Waals surface area contributed by atoms with Gasteiger partial charge in [-0.05, 0) is 44.0 Å². The number of hydrogen-bond donors (Lipinski definition) is 3. The molecule has 0 saturated carbocycles. The van der Waals surface area contributed by atoms with Crippen LogP contribution in [-0.2, 0) is 14.3 Å². The topological polar surface area (TPSA) is 172 Å². The number of alkyl halides is 2. The summed E-state index contributed by atoms with van der Waals surface area (Å²) in [6.07, 6.45) is 1.21. The molecule has 1 aromatic heterocycles. The van der Waals surface area contributed by atoms with Crippen molar-refractivity contribution in [3.63, 3.8) is 0 Å². The average molecular weight is 688 g/mol. The molecule has 47 heavy (non-hydrogen) atoms. The Hall–Kier alpha value is -4.41. The first-order valence-corrected chi connectivity index (χ1v) is 14.3. The molecule has 3 amide bonds. The van der Waals surface area contributed by atoms with Crippen LogP contribution in [0.3, 0.4) is 0 Å². The minimum atomic E-state index is -3.15. The molecular formula is C30H34ClF4N5O7. The van der Waals surface area contributed by atoms with Crippen LogP contribution in [0.15, 0.2) is 40.8 Å². The summed E-state index contributed by atoms with van der Waals surface area (Å²) in [5.41, 5.74) is 10.8. The summed E-state index contributed by atoms with van der Waals surface area (Å²) in [5.74, 6) is -4.78. The van der Waals surface area contributed by atoms with Crippen LogP contribution in [0.1, 0.15) is 60.1 Å². The van der Waals surface area contributed by atoms with Crippen LogP contribution in [0.4, 0.5) is 17.6 Å². The first kappa shape index (κ1) is 37.1. The third-order valence-corrected chi connectivity index (χ3v) is 6.93. The van der Waals surface area contributed by atoms with E-state index in [9.17, 15) is 31.9 Å². The fourth-order valence-electron chi connectivity index (χ4n) is 4.64. The zero-order valence-corrected chi connectivity index (χ0v) is 26.0. The van der Waals surface area contributed by atoms with Crippen molar-refractivity contribution in [1.29, 1.82) is 0 Å². The summed E-state index contributed by atoms with van der Waals surface area (Å²) in [5, 5.41) is 2.26. The molecule has 2 atom stereocenters.